The predicted octanol–water partition coefficient (Wildman–Crippen LogP) is 1.82. The van der Waals surface area contributed by atoms with E-state index in [1.807, 2.05) is 0 Å². The highest BCUT2D eigenvalue weighted by Gasteiger charge is 2.75. The number of carbonyl (C=O) groups is 2. The summed E-state index contributed by atoms with van der Waals surface area (Å²) in [6.07, 6.45) is -10.1. The van der Waals surface area contributed by atoms with Gasteiger partial charge in [-0.3, -0.25) is 4.79 Å². The van der Waals surface area contributed by atoms with Crippen molar-refractivity contribution in [2.45, 2.75) is 23.8 Å². The quantitative estimate of drug-likeness (QED) is 0.370. The number of fused-ring (bicyclic) bond motifs is 1. The van der Waals surface area contributed by atoms with Gasteiger partial charge in [-0.25, -0.2) is 18.1 Å². The van der Waals surface area contributed by atoms with Crippen LogP contribution in [0.5, 0.6) is 0 Å². The molecular formula is C17H13F6N4O4S+. The molecule has 3 aliphatic rings. The number of carbonyl (C=O) groups excluding carboxylic acids is 2. The fourth-order valence-corrected chi connectivity index (χ4v) is 6.62. The van der Waals surface area contributed by atoms with Gasteiger partial charge in [0, 0.05) is 0 Å². The van der Waals surface area contributed by atoms with Crippen LogP contribution in [0.4, 0.5) is 36.8 Å². The van der Waals surface area contributed by atoms with Gasteiger partial charge in [0.15, 0.2) is 11.8 Å². The van der Waals surface area contributed by atoms with E-state index in [-0.39, 0.29) is 13.2 Å². The van der Waals surface area contributed by atoms with Crippen molar-refractivity contribution in [1.29, 1.82) is 5.26 Å². The highest BCUT2D eigenvalue weighted by Crippen LogP contribution is 2.46. The van der Waals surface area contributed by atoms with Gasteiger partial charge >= 0.3 is 18.4 Å². The summed E-state index contributed by atoms with van der Waals surface area (Å²) in [5.74, 6) is -3.20. The molecule has 32 heavy (non-hydrogen) atoms. The number of hydrogen-bond acceptors (Lipinski definition) is 6. The third-order valence-electron chi connectivity index (χ3n) is 5.87. The Balaban J connectivity index is 1.79. The molecule has 0 aromatic heterocycles. The van der Waals surface area contributed by atoms with Crippen LogP contribution in [-0.4, -0.2) is 72.8 Å². The summed E-state index contributed by atoms with van der Waals surface area (Å²) < 4.78 is 102. The third kappa shape index (κ3) is 3.16. The molecule has 3 saturated heterocycles. The Kier molecular flexibility index (Phi) is 4.68. The average molecular weight is 483 g/mol. The number of nitriles is 1. The zero-order valence-corrected chi connectivity index (χ0v) is 16.6. The summed E-state index contributed by atoms with van der Waals surface area (Å²) in [6.45, 7) is -0.889. The molecule has 8 nitrogen and oxygen atoms in total. The number of nitrogens with zero attached hydrogens (tertiary/aromatic N) is 4. The summed E-state index contributed by atoms with van der Waals surface area (Å²) in [5.41, 5.74) is -2.71. The van der Waals surface area contributed by atoms with Gasteiger partial charge in [0.2, 0.25) is 15.2 Å². The van der Waals surface area contributed by atoms with Gasteiger partial charge in [-0.1, -0.05) is 0 Å². The molecule has 1 aromatic rings. The Morgan fingerprint density at radius 2 is 1.78 bits per heavy atom. The molecule has 0 N–H and O–H groups in total. The fraction of sp³-hybridized carbons (Fsp3) is 0.471. The second-order valence-corrected chi connectivity index (χ2v) is 9.95. The number of alkyl halides is 6. The van der Waals surface area contributed by atoms with E-state index in [2.05, 4.69) is 0 Å². The van der Waals surface area contributed by atoms with Gasteiger partial charge in [-0.2, -0.15) is 41.0 Å². The molecule has 3 aliphatic heterocycles. The number of hydrogen-bond donors (Lipinski definition) is 0. The van der Waals surface area contributed by atoms with Crippen LogP contribution < -0.4 is 4.90 Å². The molecule has 15 heteroatoms. The molecule has 1 aromatic carbocycles. The predicted molar refractivity (Wildman–Crippen MR) is 93.2 cm³/mol. The van der Waals surface area contributed by atoms with E-state index in [9.17, 15) is 44.3 Å². The first-order valence-corrected chi connectivity index (χ1v) is 10.7. The SMILES string of the molecule is N#Cc1ccc(N2C(=O)C3CN4CC(S(=O)(=O)CC(F)(F)F)[N+]3(C4)C2=O)cc1C(F)(F)F. The number of amides is 3. The van der Waals surface area contributed by atoms with E-state index in [1.54, 1.807) is 0 Å². The molecular weight excluding hydrogens is 470 g/mol. The largest absolute Gasteiger partial charge is 0.433 e. The summed E-state index contributed by atoms with van der Waals surface area (Å²) in [6, 6.07) is 0.877. The van der Waals surface area contributed by atoms with Crippen LogP contribution in [0.2, 0.25) is 0 Å². The maximum Gasteiger partial charge on any atom is 0.433 e. The summed E-state index contributed by atoms with van der Waals surface area (Å²) in [4.78, 5) is 28.0. The topological polar surface area (TPSA) is 98.5 Å². The number of anilines is 1. The molecule has 0 aliphatic carbocycles. The Bertz CT molecular complexity index is 1170. The third-order valence-corrected chi connectivity index (χ3v) is 7.95. The minimum atomic E-state index is -5.08. The number of piperazine rings is 1. The number of imide groups is 1. The van der Waals surface area contributed by atoms with Gasteiger partial charge < -0.3 is 0 Å². The summed E-state index contributed by atoms with van der Waals surface area (Å²) >= 11 is 0. The Morgan fingerprint density at radius 1 is 1.12 bits per heavy atom. The first kappa shape index (κ1) is 22.5. The number of rotatable bonds is 3. The number of quaternary nitrogens is 1. The van der Waals surface area contributed by atoms with E-state index < -0.39 is 79.1 Å². The van der Waals surface area contributed by atoms with Crippen molar-refractivity contribution in [3.63, 3.8) is 0 Å². The number of halogens is 6. The van der Waals surface area contributed by atoms with Crippen molar-refractivity contribution in [2.24, 2.45) is 0 Å². The molecule has 3 heterocycles. The summed E-state index contributed by atoms with van der Waals surface area (Å²) in [5, 5.41) is 7.03. The number of benzene rings is 1. The lowest BCUT2D eigenvalue weighted by atomic mass is 10.1. The van der Waals surface area contributed by atoms with Gasteiger partial charge in [0.05, 0.1) is 36.0 Å². The normalized spacial score (nSPS) is 30.0. The van der Waals surface area contributed by atoms with Crippen molar-refractivity contribution in [2.75, 3.05) is 30.4 Å². The molecule has 4 atom stereocenters. The van der Waals surface area contributed by atoms with Crippen molar-refractivity contribution < 1.29 is 48.8 Å². The van der Waals surface area contributed by atoms with Crippen molar-refractivity contribution in [1.82, 2.24) is 4.90 Å². The average Bonchev–Trinajstić information content (AvgIpc) is 3.28. The molecule has 172 valence electrons. The van der Waals surface area contributed by atoms with Crippen LogP contribution >= 0.6 is 0 Å². The Hall–Kier alpha value is -2.70. The minimum Gasteiger partial charge on any atom is -0.267 e. The van der Waals surface area contributed by atoms with Gasteiger partial charge in [-0.15, -0.1) is 0 Å². The number of sulfone groups is 1. The Morgan fingerprint density at radius 3 is 2.34 bits per heavy atom. The molecule has 3 amide bonds. The molecule has 0 radical (unpaired) electrons. The zero-order chi connectivity index (χ0) is 23.9. The van der Waals surface area contributed by atoms with E-state index in [0.29, 0.717) is 11.0 Å². The Labute approximate surface area is 176 Å². The van der Waals surface area contributed by atoms with E-state index in [1.165, 1.54) is 11.0 Å². The maximum absolute atomic E-state index is 13.3. The van der Waals surface area contributed by atoms with Crippen LogP contribution in [0.25, 0.3) is 0 Å². The lowest BCUT2D eigenvalue weighted by Gasteiger charge is -2.33. The lowest BCUT2D eigenvalue weighted by Crippen LogP contribution is -2.63. The van der Waals surface area contributed by atoms with E-state index in [4.69, 9.17) is 5.26 Å². The minimum absolute atomic E-state index is 0.123. The van der Waals surface area contributed by atoms with Crippen LogP contribution in [-0.2, 0) is 20.8 Å². The monoisotopic (exact) mass is 483 g/mol. The molecule has 2 bridgehead atoms. The first-order chi connectivity index (χ1) is 14.6. The van der Waals surface area contributed by atoms with Gasteiger partial charge in [0.25, 0.3) is 5.91 Å². The fourth-order valence-electron chi connectivity index (χ4n) is 4.66. The van der Waals surface area contributed by atoms with Gasteiger partial charge in [-0.05, 0) is 18.2 Å². The second kappa shape index (κ2) is 6.65. The van der Waals surface area contributed by atoms with Crippen LogP contribution in [0.1, 0.15) is 11.1 Å². The van der Waals surface area contributed by atoms with Crippen molar-refractivity contribution in [3.05, 3.63) is 29.3 Å². The molecule has 4 unspecified atom stereocenters. The first-order valence-electron chi connectivity index (χ1n) is 9.00. The molecule has 0 saturated carbocycles. The van der Waals surface area contributed by atoms with Crippen LogP contribution in [0.15, 0.2) is 18.2 Å². The maximum atomic E-state index is 13.3. The van der Waals surface area contributed by atoms with Gasteiger partial charge in [0.1, 0.15) is 6.67 Å². The van der Waals surface area contributed by atoms with E-state index in [0.717, 1.165) is 12.1 Å². The number of urea groups is 1. The molecule has 3 fully saturated rings. The molecule has 1 spiro atoms. The second-order valence-electron chi connectivity index (χ2n) is 7.80. The molecule has 4 rings (SSSR count). The van der Waals surface area contributed by atoms with Crippen LogP contribution in [0, 0.1) is 11.3 Å². The standard InChI is InChI=1S/C17H13F6N4O4S/c18-16(19,20)7-32(30,31)13-6-25-5-12-14(28)26(15(29)27(12,13)8-25)10-2-1-9(4-24)11(3-10)17(21,22)23/h1-3,12-13H,5-8H2/q+1. The smallest absolute Gasteiger partial charge is 0.267 e. The van der Waals surface area contributed by atoms with Crippen molar-refractivity contribution >= 4 is 27.5 Å². The lowest BCUT2D eigenvalue weighted by molar-refractivity contribution is -0.848. The summed E-state index contributed by atoms with van der Waals surface area (Å²) in [7, 11) is -4.93. The van der Waals surface area contributed by atoms with E-state index >= 15 is 0 Å². The van der Waals surface area contributed by atoms with Crippen LogP contribution in [0.3, 0.4) is 0 Å². The van der Waals surface area contributed by atoms with Crippen molar-refractivity contribution in [3.8, 4) is 6.07 Å². The zero-order valence-electron chi connectivity index (χ0n) is 15.8. The highest BCUT2D eigenvalue weighted by molar-refractivity contribution is 7.91. The highest BCUT2D eigenvalue weighted by atomic mass is 32.2.